The maximum Gasteiger partial charge on any atom is 0.342 e. The van der Waals surface area contributed by atoms with Gasteiger partial charge in [-0.3, -0.25) is 10.1 Å². The molecule has 0 radical (unpaired) electrons. The molecule has 1 rings (SSSR count). The van der Waals surface area contributed by atoms with Crippen molar-refractivity contribution >= 4 is 17.5 Å². The van der Waals surface area contributed by atoms with Gasteiger partial charge in [0.1, 0.15) is 17.6 Å². The van der Waals surface area contributed by atoms with Crippen molar-refractivity contribution < 1.29 is 25.0 Å². The predicted octanol–water partition coefficient (Wildman–Crippen LogP) is 0.233. The normalized spacial score (nSPS) is 11.2. The molecular weight excluding hydrogens is 270 g/mol. The molecule has 0 aliphatic rings. The molecule has 0 bridgehead atoms. The molecule has 0 aromatic carbocycles. The zero-order chi connectivity index (χ0) is 15.3. The first kappa shape index (κ1) is 15.8. The van der Waals surface area contributed by atoms with E-state index < -0.39 is 40.9 Å². The van der Waals surface area contributed by atoms with Crippen molar-refractivity contribution in [2.75, 3.05) is 18.5 Å². The van der Waals surface area contributed by atoms with Crippen LogP contribution in [0, 0.1) is 10.1 Å². The average Bonchev–Trinajstić information content (AvgIpc) is 2.44. The van der Waals surface area contributed by atoms with Gasteiger partial charge in [-0.25, -0.2) is 9.78 Å². The standard InChI is InChI=1S/C11H15N3O6/c1-2-11(5-15,6-16)13-9-3-7(10(17)18)8(4-12-9)14(19)20/h3-4,15-16H,2,5-6H2,1H3,(H,12,13)(H,17,18). The number of aromatic nitrogens is 1. The molecule has 0 amide bonds. The molecule has 1 heterocycles. The van der Waals surface area contributed by atoms with Crippen LogP contribution in [-0.2, 0) is 0 Å². The van der Waals surface area contributed by atoms with E-state index in [2.05, 4.69) is 10.3 Å². The first-order valence-electron chi connectivity index (χ1n) is 5.76. The van der Waals surface area contributed by atoms with Crippen molar-refractivity contribution in [3.63, 3.8) is 0 Å². The summed E-state index contributed by atoms with van der Waals surface area (Å²) >= 11 is 0. The molecule has 0 spiro atoms. The first-order valence-corrected chi connectivity index (χ1v) is 5.76. The predicted molar refractivity (Wildman–Crippen MR) is 68.7 cm³/mol. The highest BCUT2D eigenvalue weighted by molar-refractivity contribution is 5.93. The van der Waals surface area contributed by atoms with Crippen molar-refractivity contribution in [3.8, 4) is 0 Å². The van der Waals surface area contributed by atoms with E-state index in [1.54, 1.807) is 6.92 Å². The third-order valence-electron chi connectivity index (χ3n) is 2.99. The fraction of sp³-hybridized carbons (Fsp3) is 0.455. The van der Waals surface area contributed by atoms with Crippen molar-refractivity contribution in [2.45, 2.75) is 18.9 Å². The lowest BCUT2D eigenvalue weighted by Gasteiger charge is -2.30. The number of carboxylic acid groups (broad SMARTS) is 1. The van der Waals surface area contributed by atoms with Gasteiger partial charge in [0.2, 0.25) is 0 Å². The number of aromatic carboxylic acids is 1. The third kappa shape index (κ3) is 3.19. The Morgan fingerprint density at radius 2 is 2.10 bits per heavy atom. The second-order valence-electron chi connectivity index (χ2n) is 4.22. The number of hydrogen-bond donors (Lipinski definition) is 4. The number of aliphatic hydroxyl groups excluding tert-OH is 2. The van der Waals surface area contributed by atoms with Crippen LogP contribution in [0.5, 0.6) is 0 Å². The molecular formula is C11H15N3O6. The minimum Gasteiger partial charge on any atom is -0.477 e. The Morgan fingerprint density at radius 3 is 2.50 bits per heavy atom. The number of hydrogen-bond acceptors (Lipinski definition) is 7. The maximum atomic E-state index is 11.0. The first-order chi connectivity index (χ1) is 9.39. The van der Waals surface area contributed by atoms with Gasteiger partial charge in [-0.15, -0.1) is 0 Å². The minimum atomic E-state index is -1.46. The van der Waals surface area contributed by atoms with Gasteiger partial charge in [0.05, 0.1) is 23.7 Å². The van der Waals surface area contributed by atoms with Crippen molar-refractivity contribution in [1.29, 1.82) is 0 Å². The van der Waals surface area contributed by atoms with Crippen molar-refractivity contribution in [2.24, 2.45) is 0 Å². The molecule has 0 fully saturated rings. The highest BCUT2D eigenvalue weighted by atomic mass is 16.6. The Balaban J connectivity index is 3.19. The number of nitrogens with one attached hydrogen (secondary N) is 1. The van der Waals surface area contributed by atoms with Crippen molar-refractivity contribution in [1.82, 2.24) is 4.98 Å². The summed E-state index contributed by atoms with van der Waals surface area (Å²) in [7, 11) is 0. The Labute approximate surface area is 114 Å². The van der Waals surface area contributed by atoms with E-state index in [9.17, 15) is 25.1 Å². The molecule has 0 atom stereocenters. The number of rotatable bonds is 7. The van der Waals surface area contributed by atoms with E-state index in [0.29, 0.717) is 6.42 Å². The van der Waals surface area contributed by atoms with Crippen LogP contribution in [0.3, 0.4) is 0 Å². The lowest BCUT2D eigenvalue weighted by molar-refractivity contribution is -0.385. The molecule has 1 aromatic rings. The van der Waals surface area contributed by atoms with Gasteiger partial charge in [0.25, 0.3) is 0 Å². The molecule has 110 valence electrons. The van der Waals surface area contributed by atoms with Crippen LogP contribution < -0.4 is 5.32 Å². The zero-order valence-electron chi connectivity index (χ0n) is 10.7. The number of aliphatic hydroxyl groups is 2. The summed E-state index contributed by atoms with van der Waals surface area (Å²) in [6.45, 7) is 0.908. The number of anilines is 1. The number of pyridine rings is 1. The zero-order valence-corrected chi connectivity index (χ0v) is 10.7. The van der Waals surface area contributed by atoms with Gasteiger partial charge < -0.3 is 20.6 Å². The summed E-state index contributed by atoms with van der Waals surface area (Å²) in [5.74, 6) is -1.44. The van der Waals surface area contributed by atoms with Gasteiger partial charge >= 0.3 is 11.7 Å². The number of carboxylic acids is 1. The van der Waals surface area contributed by atoms with Gasteiger partial charge in [-0.05, 0) is 6.42 Å². The molecule has 0 aliphatic heterocycles. The van der Waals surface area contributed by atoms with E-state index >= 15 is 0 Å². The summed E-state index contributed by atoms with van der Waals surface area (Å²) in [6, 6.07) is 0.996. The monoisotopic (exact) mass is 285 g/mol. The van der Waals surface area contributed by atoms with Crippen LogP contribution in [0.15, 0.2) is 12.3 Å². The quantitative estimate of drug-likeness (QED) is 0.411. The summed E-state index contributed by atoms with van der Waals surface area (Å²) in [6.07, 6.45) is 1.17. The van der Waals surface area contributed by atoms with E-state index in [0.717, 1.165) is 12.3 Å². The largest absolute Gasteiger partial charge is 0.477 e. The van der Waals surface area contributed by atoms with Crippen LogP contribution >= 0.6 is 0 Å². The van der Waals surface area contributed by atoms with Crippen LogP contribution in [0.2, 0.25) is 0 Å². The Morgan fingerprint density at radius 1 is 1.50 bits per heavy atom. The molecule has 1 aromatic heterocycles. The van der Waals surface area contributed by atoms with Crippen molar-refractivity contribution in [3.05, 3.63) is 27.9 Å². The van der Waals surface area contributed by atoms with E-state index in [1.807, 2.05) is 0 Å². The van der Waals surface area contributed by atoms with Gasteiger partial charge in [0, 0.05) is 6.07 Å². The van der Waals surface area contributed by atoms with Gasteiger partial charge in [-0.2, -0.15) is 0 Å². The molecule has 20 heavy (non-hydrogen) atoms. The topological polar surface area (TPSA) is 146 Å². The van der Waals surface area contributed by atoms with Crippen LogP contribution in [-0.4, -0.2) is 49.9 Å². The summed E-state index contributed by atoms with van der Waals surface area (Å²) < 4.78 is 0. The Kier molecular flexibility index (Phi) is 4.94. The fourth-order valence-electron chi connectivity index (χ4n) is 1.55. The molecule has 4 N–H and O–H groups in total. The average molecular weight is 285 g/mol. The smallest absolute Gasteiger partial charge is 0.342 e. The summed E-state index contributed by atoms with van der Waals surface area (Å²) in [5.41, 5.74) is -2.22. The highest BCUT2D eigenvalue weighted by Gasteiger charge is 2.28. The molecule has 9 heteroatoms. The summed E-state index contributed by atoms with van der Waals surface area (Å²) in [4.78, 5) is 24.6. The Bertz CT molecular complexity index is 507. The second kappa shape index (κ2) is 6.26. The number of carbonyl (C=O) groups is 1. The minimum absolute atomic E-state index is 0.0259. The lowest BCUT2D eigenvalue weighted by Crippen LogP contribution is -2.45. The van der Waals surface area contributed by atoms with Crippen LogP contribution in [0.1, 0.15) is 23.7 Å². The summed E-state index contributed by atoms with van der Waals surface area (Å²) in [5, 5.41) is 40.9. The van der Waals surface area contributed by atoms with Crippen LogP contribution in [0.25, 0.3) is 0 Å². The highest BCUT2D eigenvalue weighted by Crippen LogP contribution is 2.23. The molecule has 0 saturated carbocycles. The fourth-order valence-corrected chi connectivity index (χ4v) is 1.55. The van der Waals surface area contributed by atoms with E-state index in [-0.39, 0.29) is 5.82 Å². The third-order valence-corrected chi connectivity index (χ3v) is 2.99. The van der Waals surface area contributed by atoms with Gasteiger partial charge in [0.15, 0.2) is 0 Å². The SMILES string of the molecule is CCC(CO)(CO)Nc1cc(C(=O)O)c([N+](=O)[O-])cn1. The molecule has 0 saturated heterocycles. The molecule has 0 aliphatic carbocycles. The number of nitrogens with zero attached hydrogens (tertiary/aromatic N) is 2. The molecule has 0 unspecified atom stereocenters. The number of nitro groups is 1. The Hall–Kier alpha value is -2.26. The van der Waals surface area contributed by atoms with E-state index in [4.69, 9.17) is 5.11 Å². The second-order valence-corrected chi connectivity index (χ2v) is 4.22. The lowest BCUT2D eigenvalue weighted by atomic mass is 9.98. The maximum absolute atomic E-state index is 11.0. The van der Waals surface area contributed by atoms with E-state index in [1.165, 1.54) is 0 Å². The molecule has 9 nitrogen and oxygen atoms in total. The van der Waals surface area contributed by atoms with Crippen LogP contribution in [0.4, 0.5) is 11.5 Å². The van der Waals surface area contributed by atoms with Gasteiger partial charge in [-0.1, -0.05) is 6.92 Å².